The quantitative estimate of drug-likeness (QED) is 0.890. The van der Waals surface area contributed by atoms with Gasteiger partial charge in [0.1, 0.15) is 5.82 Å². The van der Waals surface area contributed by atoms with E-state index in [0.717, 1.165) is 31.1 Å². The van der Waals surface area contributed by atoms with Crippen LogP contribution in [0.2, 0.25) is 0 Å². The van der Waals surface area contributed by atoms with Crippen molar-refractivity contribution in [3.05, 3.63) is 23.9 Å². The van der Waals surface area contributed by atoms with Crippen LogP contribution in [0.15, 0.2) is 18.2 Å². The van der Waals surface area contributed by atoms with Gasteiger partial charge in [0.05, 0.1) is 17.4 Å². The van der Waals surface area contributed by atoms with Crippen LogP contribution in [0, 0.1) is 0 Å². The number of rotatable bonds is 3. The van der Waals surface area contributed by atoms with Crippen LogP contribution in [0.1, 0.15) is 26.5 Å². The van der Waals surface area contributed by atoms with Gasteiger partial charge in [0.25, 0.3) is 0 Å². The minimum Gasteiger partial charge on any atom is -0.373 e. The van der Waals surface area contributed by atoms with E-state index in [1.165, 1.54) is 0 Å². The van der Waals surface area contributed by atoms with E-state index in [9.17, 15) is 0 Å². The lowest BCUT2D eigenvalue weighted by Gasteiger charge is -2.41. The molecular weight excluding hydrogens is 226 g/mol. The third-order valence-electron chi connectivity index (χ3n) is 3.09. The lowest BCUT2D eigenvalue weighted by molar-refractivity contribution is -0.130. The second-order valence-corrected chi connectivity index (χ2v) is 5.62. The van der Waals surface area contributed by atoms with Gasteiger partial charge in [-0.2, -0.15) is 0 Å². The number of pyridine rings is 1. The molecule has 1 aromatic heterocycles. The Balaban J connectivity index is 2.04. The summed E-state index contributed by atoms with van der Waals surface area (Å²) in [6, 6.07) is 6.10. The van der Waals surface area contributed by atoms with E-state index in [-0.39, 0.29) is 11.7 Å². The number of aromatic nitrogens is 1. The Bertz CT molecular complexity index is 406. The van der Waals surface area contributed by atoms with Crippen molar-refractivity contribution in [2.45, 2.75) is 39.0 Å². The standard InChI is InChI=1S/C14H23N3O/c1-11-8-17(10-14(2,3)18-11)9-12-6-5-7-13(15-4)16-12/h5-7,11H,8-10H2,1-4H3,(H,15,16). The van der Waals surface area contributed by atoms with E-state index in [1.807, 2.05) is 19.2 Å². The van der Waals surface area contributed by atoms with E-state index >= 15 is 0 Å². The predicted molar refractivity (Wildman–Crippen MR) is 73.7 cm³/mol. The van der Waals surface area contributed by atoms with Crippen LogP contribution in [0.25, 0.3) is 0 Å². The maximum atomic E-state index is 5.91. The highest BCUT2D eigenvalue weighted by atomic mass is 16.5. The molecule has 0 spiro atoms. The molecule has 1 aromatic rings. The number of ether oxygens (including phenoxy) is 1. The van der Waals surface area contributed by atoms with Gasteiger partial charge in [-0.15, -0.1) is 0 Å². The number of nitrogens with zero attached hydrogens (tertiary/aromatic N) is 2. The first kappa shape index (κ1) is 13.3. The fourth-order valence-corrected chi connectivity index (χ4v) is 2.64. The van der Waals surface area contributed by atoms with Crippen molar-refractivity contribution in [1.82, 2.24) is 9.88 Å². The molecule has 18 heavy (non-hydrogen) atoms. The number of nitrogens with one attached hydrogen (secondary N) is 1. The highest BCUT2D eigenvalue weighted by molar-refractivity contribution is 5.34. The predicted octanol–water partition coefficient (Wildman–Crippen LogP) is 2.12. The van der Waals surface area contributed by atoms with E-state index in [1.54, 1.807) is 0 Å². The molecule has 0 aromatic carbocycles. The van der Waals surface area contributed by atoms with Crippen molar-refractivity contribution in [2.75, 3.05) is 25.5 Å². The Morgan fingerprint density at radius 2 is 2.28 bits per heavy atom. The van der Waals surface area contributed by atoms with Gasteiger partial charge in [0.15, 0.2) is 0 Å². The van der Waals surface area contributed by atoms with Gasteiger partial charge in [-0.1, -0.05) is 6.07 Å². The first-order valence-electron chi connectivity index (χ1n) is 6.52. The molecule has 0 aliphatic carbocycles. The number of hydrogen-bond donors (Lipinski definition) is 1. The molecule has 0 bridgehead atoms. The summed E-state index contributed by atoms with van der Waals surface area (Å²) in [5.41, 5.74) is 1.03. The molecule has 0 saturated carbocycles. The Kier molecular flexibility index (Phi) is 3.88. The van der Waals surface area contributed by atoms with Crippen LogP contribution in [-0.2, 0) is 11.3 Å². The van der Waals surface area contributed by atoms with E-state index in [2.05, 4.69) is 42.0 Å². The third kappa shape index (κ3) is 3.43. The average molecular weight is 249 g/mol. The van der Waals surface area contributed by atoms with Crippen LogP contribution >= 0.6 is 0 Å². The smallest absolute Gasteiger partial charge is 0.126 e. The van der Waals surface area contributed by atoms with Crippen molar-refractivity contribution in [2.24, 2.45) is 0 Å². The molecular formula is C14H23N3O. The summed E-state index contributed by atoms with van der Waals surface area (Å²) in [7, 11) is 1.89. The zero-order chi connectivity index (χ0) is 13.2. The van der Waals surface area contributed by atoms with E-state index in [4.69, 9.17) is 4.74 Å². The van der Waals surface area contributed by atoms with Gasteiger partial charge in [-0.25, -0.2) is 4.98 Å². The monoisotopic (exact) mass is 249 g/mol. The second kappa shape index (κ2) is 5.24. The molecule has 0 radical (unpaired) electrons. The zero-order valence-corrected chi connectivity index (χ0v) is 11.7. The Morgan fingerprint density at radius 1 is 1.50 bits per heavy atom. The van der Waals surface area contributed by atoms with Crippen LogP contribution < -0.4 is 5.32 Å². The van der Waals surface area contributed by atoms with Crippen LogP contribution in [0.3, 0.4) is 0 Å². The summed E-state index contributed by atoms with van der Waals surface area (Å²) < 4.78 is 5.91. The molecule has 100 valence electrons. The molecule has 1 fully saturated rings. The molecule has 4 heteroatoms. The Labute approximate surface area is 109 Å². The lowest BCUT2D eigenvalue weighted by atomic mass is 10.1. The molecule has 1 aliphatic heterocycles. The fourth-order valence-electron chi connectivity index (χ4n) is 2.64. The molecule has 0 amide bonds. The summed E-state index contributed by atoms with van der Waals surface area (Å²) in [5.74, 6) is 0.924. The van der Waals surface area contributed by atoms with Gasteiger partial charge in [-0.3, -0.25) is 4.90 Å². The summed E-state index contributed by atoms with van der Waals surface area (Å²) in [6.07, 6.45) is 0.279. The van der Waals surface area contributed by atoms with Crippen LogP contribution in [-0.4, -0.2) is 41.7 Å². The molecule has 1 unspecified atom stereocenters. The first-order chi connectivity index (χ1) is 8.48. The van der Waals surface area contributed by atoms with Gasteiger partial charge in [-0.05, 0) is 32.9 Å². The topological polar surface area (TPSA) is 37.4 Å². The van der Waals surface area contributed by atoms with Gasteiger partial charge >= 0.3 is 0 Å². The normalized spacial score (nSPS) is 23.9. The Morgan fingerprint density at radius 3 is 2.94 bits per heavy atom. The Hall–Kier alpha value is -1.13. The first-order valence-corrected chi connectivity index (χ1v) is 6.52. The molecule has 1 saturated heterocycles. The SMILES string of the molecule is CNc1cccc(CN2CC(C)OC(C)(C)C2)n1. The van der Waals surface area contributed by atoms with Gasteiger partial charge in [0, 0.05) is 26.7 Å². The average Bonchev–Trinajstić information content (AvgIpc) is 2.26. The molecule has 2 rings (SSSR count). The second-order valence-electron chi connectivity index (χ2n) is 5.62. The molecule has 1 N–H and O–H groups in total. The highest BCUT2D eigenvalue weighted by Gasteiger charge is 2.31. The highest BCUT2D eigenvalue weighted by Crippen LogP contribution is 2.22. The molecule has 1 aliphatic rings. The lowest BCUT2D eigenvalue weighted by Crippen LogP contribution is -2.51. The fraction of sp³-hybridized carbons (Fsp3) is 0.643. The van der Waals surface area contributed by atoms with E-state index in [0.29, 0.717) is 0 Å². The zero-order valence-electron chi connectivity index (χ0n) is 11.7. The van der Waals surface area contributed by atoms with Crippen LogP contribution in [0.5, 0.6) is 0 Å². The molecule has 4 nitrogen and oxygen atoms in total. The number of morpholine rings is 1. The maximum absolute atomic E-state index is 5.91. The summed E-state index contributed by atoms with van der Waals surface area (Å²) in [4.78, 5) is 6.98. The summed E-state index contributed by atoms with van der Waals surface area (Å²) in [5, 5.41) is 3.08. The maximum Gasteiger partial charge on any atom is 0.126 e. The van der Waals surface area contributed by atoms with Crippen molar-refractivity contribution in [1.29, 1.82) is 0 Å². The molecule has 2 heterocycles. The molecule has 1 atom stereocenters. The van der Waals surface area contributed by atoms with Crippen molar-refractivity contribution in [3.8, 4) is 0 Å². The largest absolute Gasteiger partial charge is 0.373 e. The van der Waals surface area contributed by atoms with Crippen LogP contribution in [0.4, 0.5) is 5.82 Å². The van der Waals surface area contributed by atoms with Crippen molar-refractivity contribution < 1.29 is 4.74 Å². The minimum atomic E-state index is -0.0711. The van der Waals surface area contributed by atoms with Gasteiger partial charge in [0.2, 0.25) is 0 Å². The van der Waals surface area contributed by atoms with Crippen molar-refractivity contribution >= 4 is 5.82 Å². The summed E-state index contributed by atoms with van der Waals surface area (Å²) >= 11 is 0. The summed E-state index contributed by atoms with van der Waals surface area (Å²) in [6.45, 7) is 9.22. The van der Waals surface area contributed by atoms with Gasteiger partial charge < -0.3 is 10.1 Å². The van der Waals surface area contributed by atoms with Crippen molar-refractivity contribution in [3.63, 3.8) is 0 Å². The number of anilines is 1. The minimum absolute atomic E-state index is 0.0711. The van der Waals surface area contributed by atoms with E-state index < -0.39 is 0 Å². The third-order valence-corrected chi connectivity index (χ3v) is 3.09. The number of hydrogen-bond acceptors (Lipinski definition) is 4.